The van der Waals surface area contributed by atoms with Gasteiger partial charge in [-0.05, 0) is 46.8 Å². The van der Waals surface area contributed by atoms with Gasteiger partial charge in [0.1, 0.15) is 5.82 Å². The van der Waals surface area contributed by atoms with Crippen molar-refractivity contribution in [2.75, 3.05) is 14.2 Å². The van der Waals surface area contributed by atoms with Crippen molar-refractivity contribution in [1.29, 1.82) is 0 Å². The Balaban J connectivity index is 1.78. The number of nitrogens with one attached hydrogen (secondary N) is 1. The summed E-state index contributed by atoms with van der Waals surface area (Å²) in [6.45, 7) is 0. The predicted molar refractivity (Wildman–Crippen MR) is 104 cm³/mol. The maximum Gasteiger partial charge on any atom is 0.225 e. The molecule has 0 saturated heterocycles. The maximum atomic E-state index is 13.3. The van der Waals surface area contributed by atoms with E-state index in [1.54, 1.807) is 49.8 Å². The third-order valence-corrected chi connectivity index (χ3v) is 5.09. The first-order chi connectivity index (χ1) is 13.1. The summed E-state index contributed by atoms with van der Waals surface area (Å²) in [6, 6.07) is 15.1. The van der Waals surface area contributed by atoms with Crippen molar-refractivity contribution in [3.63, 3.8) is 0 Å². The molecule has 0 unspecified atom stereocenters. The Bertz CT molecular complexity index is 894. The number of thiophene rings is 1. The van der Waals surface area contributed by atoms with E-state index in [0.717, 1.165) is 16.0 Å². The molecule has 1 atom stereocenters. The molecule has 0 radical (unpaired) electrons. The fraction of sp³-hybridized carbons (Fsp3) is 0.190. The predicted octanol–water partition coefficient (Wildman–Crippen LogP) is 4.35. The summed E-state index contributed by atoms with van der Waals surface area (Å²) in [4.78, 5) is 13.6. The summed E-state index contributed by atoms with van der Waals surface area (Å²) >= 11 is 1.54. The maximum absolute atomic E-state index is 13.3. The van der Waals surface area contributed by atoms with E-state index in [0.29, 0.717) is 11.5 Å². The molecule has 0 saturated carbocycles. The lowest BCUT2D eigenvalue weighted by Crippen LogP contribution is -2.30. The minimum atomic E-state index is -0.321. The summed E-state index contributed by atoms with van der Waals surface area (Å²) in [5, 5.41) is 5.00. The van der Waals surface area contributed by atoms with Crippen LogP contribution >= 0.6 is 11.3 Å². The zero-order valence-electron chi connectivity index (χ0n) is 15.1. The van der Waals surface area contributed by atoms with Crippen LogP contribution in [0.2, 0.25) is 0 Å². The highest BCUT2D eigenvalue weighted by molar-refractivity contribution is 7.10. The number of rotatable bonds is 7. The summed E-state index contributed by atoms with van der Waals surface area (Å²) in [7, 11) is 3.13. The highest BCUT2D eigenvalue weighted by atomic mass is 32.1. The lowest BCUT2D eigenvalue weighted by Gasteiger charge is -2.18. The molecular weight excluding hydrogens is 365 g/mol. The van der Waals surface area contributed by atoms with Crippen LogP contribution < -0.4 is 14.8 Å². The molecule has 0 bridgehead atoms. The standard InChI is InChI=1S/C21H20FNO3S/c1-25-17-10-5-14(12-18(17)26-2)13-20(24)23-21(19-4-3-11-27-19)15-6-8-16(22)9-7-15/h3-12,21H,13H2,1-2H3,(H,23,24)/t21-/m0/s1. The van der Waals surface area contributed by atoms with Crippen molar-refractivity contribution in [3.8, 4) is 11.5 Å². The molecule has 0 aliphatic rings. The number of ether oxygens (including phenoxy) is 2. The minimum absolute atomic E-state index is 0.134. The van der Waals surface area contributed by atoms with E-state index in [-0.39, 0.29) is 24.2 Å². The Labute approximate surface area is 161 Å². The van der Waals surface area contributed by atoms with Crippen molar-refractivity contribution >= 4 is 17.2 Å². The Hall–Kier alpha value is -2.86. The second-order valence-corrected chi connectivity index (χ2v) is 6.91. The number of amides is 1. The van der Waals surface area contributed by atoms with Gasteiger partial charge in [0.15, 0.2) is 11.5 Å². The average Bonchev–Trinajstić information content (AvgIpc) is 3.21. The first kappa shape index (κ1) is 18.9. The van der Waals surface area contributed by atoms with Gasteiger partial charge in [0.25, 0.3) is 0 Å². The van der Waals surface area contributed by atoms with Crippen LogP contribution in [-0.4, -0.2) is 20.1 Å². The Morgan fingerprint density at radius 3 is 2.44 bits per heavy atom. The van der Waals surface area contributed by atoms with Crippen LogP contribution in [0, 0.1) is 5.82 Å². The van der Waals surface area contributed by atoms with E-state index >= 15 is 0 Å². The molecular formula is C21H20FNO3S. The van der Waals surface area contributed by atoms with Gasteiger partial charge in [0, 0.05) is 4.88 Å². The second kappa shape index (κ2) is 8.68. The molecule has 1 heterocycles. The third kappa shape index (κ3) is 4.65. The fourth-order valence-corrected chi connectivity index (χ4v) is 3.62. The zero-order chi connectivity index (χ0) is 19.2. The van der Waals surface area contributed by atoms with Crippen molar-refractivity contribution in [1.82, 2.24) is 5.32 Å². The van der Waals surface area contributed by atoms with Gasteiger partial charge in [0.2, 0.25) is 5.91 Å². The van der Waals surface area contributed by atoms with E-state index in [2.05, 4.69) is 5.32 Å². The summed E-state index contributed by atoms with van der Waals surface area (Å²) in [5.74, 6) is 0.755. The number of benzene rings is 2. The molecule has 27 heavy (non-hydrogen) atoms. The van der Waals surface area contributed by atoms with Crippen molar-refractivity contribution in [3.05, 3.63) is 81.8 Å². The molecule has 140 valence electrons. The van der Waals surface area contributed by atoms with Crippen LogP contribution in [-0.2, 0) is 11.2 Å². The van der Waals surface area contributed by atoms with Gasteiger partial charge in [-0.25, -0.2) is 4.39 Å². The van der Waals surface area contributed by atoms with E-state index in [1.165, 1.54) is 12.1 Å². The minimum Gasteiger partial charge on any atom is -0.493 e. The van der Waals surface area contributed by atoms with Crippen molar-refractivity contribution in [2.45, 2.75) is 12.5 Å². The van der Waals surface area contributed by atoms with Gasteiger partial charge in [0.05, 0.1) is 26.7 Å². The van der Waals surface area contributed by atoms with Gasteiger partial charge >= 0.3 is 0 Å². The monoisotopic (exact) mass is 385 g/mol. The van der Waals surface area contributed by atoms with E-state index < -0.39 is 0 Å². The van der Waals surface area contributed by atoms with Crippen LogP contribution in [0.5, 0.6) is 11.5 Å². The highest BCUT2D eigenvalue weighted by Gasteiger charge is 2.18. The molecule has 3 aromatic rings. The van der Waals surface area contributed by atoms with Gasteiger partial charge in [-0.2, -0.15) is 0 Å². The molecule has 3 rings (SSSR count). The first-order valence-corrected chi connectivity index (χ1v) is 9.28. The summed E-state index contributed by atoms with van der Waals surface area (Å²) < 4.78 is 23.8. The van der Waals surface area contributed by atoms with Crippen LogP contribution in [0.3, 0.4) is 0 Å². The molecule has 4 nitrogen and oxygen atoms in total. The van der Waals surface area contributed by atoms with Gasteiger partial charge < -0.3 is 14.8 Å². The number of carbonyl (C=O) groups excluding carboxylic acids is 1. The third-order valence-electron chi connectivity index (χ3n) is 4.15. The number of halogens is 1. The Kier molecular flexibility index (Phi) is 6.08. The Morgan fingerprint density at radius 1 is 1.07 bits per heavy atom. The van der Waals surface area contributed by atoms with Crippen molar-refractivity contribution in [2.24, 2.45) is 0 Å². The largest absolute Gasteiger partial charge is 0.493 e. The van der Waals surface area contributed by atoms with E-state index in [4.69, 9.17) is 9.47 Å². The number of carbonyl (C=O) groups is 1. The highest BCUT2D eigenvalue weighted by Crippen LogP contribution is 2.29. The topological polar surface area (TPSA) is 47.6 Å². The Morgan fingerprint density at radius 2 is 1.81 bits per heavy atom. The zero-order valence-corrected chi connectivity index (χ0v) is 15.9. The van der Waals surface area contributed by atoms with Gasteiger partial charge in [-0.3, -0.25) is 4.79 Å². The lowest BCUT2D eigenvalue weighted by molar-refractivity contribution is -0.120. The van der Waals surface area contributed by atoms with Crippen molar-refractivity contribution < 1.29 is 18.7 Å². The van der Waals surface area contributed by atoms with E-state index in [9.17, 15) is 9.18 Å². The molecule has 0 aliphatic carbocycles. The second-order valence-electron chi connectivity index (χ2n) is 5.93. The normalized spacial score (nSPS) is 11.7. The van der Waals surface area contributed by atoms with Crippen LogP contribution in [0.1, 0.15) is 22.0 Å². The number of hydrogen-bond acceptors (Lipinski definition) is 4. The SMILES string of the molecule is COc1ccc(CC(=O)N[C@@H](c2ccc(F)cc2)c2cccs2)cc1OC. The van der Waals surface area contributed by atoms with E-state index in [1.807, 2.05) is 23.6 Å². The fourth-order valence-electron chi connectivity index (χ4n) is 2.82. The van der Waals surface area contributed by atoms with Crippen LogP contribution in [0.25, 0.3) is 0 Å². The van der Waals surface area contributed by atoms with Crippen LogP contribution in [0.15, 0.2) is 60.0 Å². The molecule has 0 aliphatic heterocycles. The number of hydrogen-bond donors (Lipinski definition) is 1. The lowest BCUT2D eigenvalue weighted by atomic mass is 10.0. The molecule has 1 N–H and O–H groups in total. The smallest absolute Gasteiger partial charge is 0.225 e. The molecule has 2 aromatic carbocycles. The molecule has 0 spiro atoms. The van der Waals surface area contributed by atoms with Gasteiger partial charge in [-0.15, -0.1) is 11.3 Å². The molecule has 1 amide bonds. The van der Waals surface area contributed by atoms with Crippen LogP contribution in [0.4, 0.5) is 4.39 Å². The van der Waals surface area contributed by atoms with Gasteiger partial charge in [-0.1, -0.05) is 24.3 Å². The average molecular weight is 385 g/mol. The molecule has 0 fully saturated rings. The summed E-state index contributed by atoms with van der Waals surface area (Å²) in [6.07, 6.45) is 0.198. The molecule has 1 aromatic heterocycles. The summed E-state index contributed by atoms with van der Waals surface area (Å²) in [5.41, 5.74) is 1.65. The first-order valence-electron chi connectivity index (χ1n) is 8.40. The quantitative estimate of drug-likeness (QED) is 0.658. The molecule has 6 heteroatoms. The number of methoxy groups -OCH3 is 2.